The molecule has 82 valence electrons. The van der Waals surface area contributed by atoms with E-state index in [0.717, 1.165) is 29.6 Å². The molecule has 1 atom stereocenters. The number of hydrogen-bond donors (Lipinski definition) is 0. The van der Waals surface area contributed by atoms with Gasteiger partial charge in [-0.05, 0) is 13.0 Å². The van der Waals surface area contributed by atoms with Gasteiger partial charge in [0, 0.05) is 22.7 Å². The minimum atomic E-state index is 0.117. The molecule has 16 heavy (non-hydrogen) atoms. The summed E-state index contributed by atoms with van der Waals surface area (Å²) < 4.78 is 7.34. The summed E-state index contributed by atoms with van der Waals surface area (Å²) in [6.07, 6.45) is 2.27. The van der Waals surface area contributed by atoms with Gasteiger partial charge in [-0.25, -0.2) is 0 Å². The molecule has 0 amide bonds. The minimum Gasteiger partial charge on any atom is -0.371 e. The average molecular weight is 215 g/mol. The quantitative estimate of drug-likeness (QED) is 0.581. The lowest BCUT2D eigenvalue weighted by atomic mass is 10.1. The van der Waals surface area contributed by atoms with Crippen LogP contribution in [0.4, 0.5) is 0 Å². The maximum atomic E-state index is 11.5. The van der Waals surface area contributed by atoms with Crippen LogP contribution in [0.5, 0.6) is 0 Å². The second kappa shape index (κ2) is 3.46. The molecule has 0 aliphatic carbocycles. The van der Waals surface area contributed by atoms with Crippen molar-refractivity contribution in [2.45, 2.75) is 19.6 Å². The second-order valence-electron chi connectivity index (χ2n) is 4.22. The molecule has 1 aromatic heterocycles. The molecule has 1 aliphatic rings. The van der Waals surface area contributed by atoms with E-state index in [1.807, 2.05) is 30.5 Å². The highest BCUT2D eigenvalue weighted by Crippen LogP contribution is 2.24. The third-order valence-electron chi connectivity index (χ3n) is 2.97. The van der Waals surface area contributed by atoms with Crippen molar-refractivity contribution in [2.75, 3.05) is 6.61 Å². The average Bonchev–Trinajstić information content (AvgIpc) is 3.00. The van der Waals surface area contributed by atoms with Crippen molar-refractivity contribution in [2.24, 2.45) is 0 Å². The fraction of sp³-hybridized carbons (Fsp3) is 0.308. The van der Waals surface area contributed by atoms with Crippen LogP contribution >= 0.6 is 0 Å². The van der Waals surface area contributed by atoms with Crippen LogP contribution in [0.3, 0.4) is 0 Å². The minimum absolute atomic E-state index is 0.117. The van der Waals surface area contributed by atoms with Crippen LogP contribution in [0.1, 0.15) is 17.3 Å². The molecule has 1 aliphatic heterocycles. The van der Waals surface area contributed by atoms with Crippen molar-refractivity contribution in [1.82, 2.24) is 4.57 Å². The monoisotopic (exact) mass is 215 g/mol. The standard InChI is InChI=1S/C13H13NO2/c1-9(15)12-7-14(6-10-8-16-10)13-5-3-2-4-11(12)13/h2-5,7,10H,6,8H2,1H3. The van der Waals surface area contributed by atoms with Crippen molar-refractivity contribution in [1.29, 1.82) is 0 Å². The lowest BCUT2D eigenvalue weighted by Gasteiger charge is -2.00. The summed E-state index contributed by atoms with van der Waals surface area (Å²) >= 11 is 0. The summed E-state index contributed by atoms with van der Waals surface area (Å²) in [4.78, 5) is 11.5. The van der Waals surface area contributed by atoms with Gasteiger partial charge in [-0.1, -0.05) is 18.2 Å². The molecule has 0 spiro atoms. The van der Waals surface area contributed by atoms with Gasteiger partial charge in [-0.2, -0.15) is 0 Å². The normalized spacial score (nSPS) is 18.9. The molecular formula is C13H13NO2. The lowest BCUT2D eigenvalue weighted by molar-refractivity contribution is 0.101. The molecule has 1 aromatic carbocycles. The van der Waals surface area contributed by atoms with Gasteiger partial charge < -0.3 is 9.30 Å². The SMILES string of the molecule is CC(=O)c1cn(CC2CO2)c2ccccc12. The number of rotatable bonds is 3. The number of nitrogens with zero attached hydrogens (tertiary/aromatic N) is 1. The maximum absolute atomic E-state index is 11.5. The Labute approximate surface area is 93.6 Å². The predicted molar refractivity (Wildman–Crippen MR) is 61.7 cm³/mol. The number of para-hydroxylation sites is 1. The zero-order valence-corrected chi connectivity index (χ0v) is 9.14. The Morgan fingerprint density at radius 3 is 2.94 bits per heavy atom. The molecule has 3 heteroatoms. The van der Waals surface area contributed by atoms with Gasteiger partial charge >= 0.3 is 0 Å². The van der Waals surface area contributed by atoms with E-state index in [0.29, 0.717) is 6.10 Å². The Bertz CT molecular complexity index is 552. The molecule has 0 radical (unpaired) electrons. The maximum Gasteiger partial charge on any atom is 0.161 e. The van der Waals surface area contributed by atoms with E-state index in [9.17, 15) is 4.79 Å². The molecule has 3 rings (SSSR count). The molecule has 0 N–H and O–H groups in total. The number of fused-ring (bicyclic) bond motifs is 1. The molecule has 1 saturated heterocycles. The third kappa shape index (κ3) is 1.53. The highest BCUT2D eigenvalue weighted by molar-refractivity contribution is 6.06. The number of epoxide rings is 1. The Morgan fingerprint density at radius 1 is 1.50 bits per heavy atom. The van der Waals surface area contributed by atoms with E-state index < -0.39 is 0 Å². The van der Waals surface area contributed by atoms with Gasteiger partial charge in [0.1, 0.15) is 0 Å². The first-order chi connectivity index (χ1) is 7.75. The molecule has 2 aromatic rings. The lowest BCUT2D eigenvalue weighted by Crippen LogP contribution is -2.02. The smallest absolute Gasteiger partial charge is 0.161 e. The van der Waals surface area contributed by atoms with Gasteiger partial charge in [-0.15, -0.1) is 0 Å². The number of carbonyl (C=O) groups excluding carboxylic acids is 1. The third-order valence-corrected chi connectivity index (χ3v) is 2.97. The van der Waals surface area contributed by atoms with E-state index in [1.54, 1.807) is 6.92 Å². The van der Waals surface area contributed by atoms with Gasteiger partial charge in [0.05, 0.1) is 19.3 Å². The molecule has 3 nitrogen and oxygen atoms in total. The van der Waals surface area contributed by atoms with E-state index >= 15 is 0 Å². The van der Waals surface area contributed by atoms with E-state index in [-0.39, 0.29) is 5.78 Å². The van der Waals surface area contributed by atoms with Crippen LogP contribution in [0.15, 0.2) is 30.5 Å². The van der Waals surface area contributed by atoms with Crippen LogP contribution < -0.4 is 0 Å². The van der Waals surface area contributed by atoms with Gasteiger partial charge in [-0.3, -0.25) is 4.79 Å². The summed E-state index contributed by atoms with van der Waals surface area (Å²) in [6, 6.07) is 8.00. The summed E-state index contributed by atoms with van der Waals surface area (Å²) in [5, 5.41) is 1.04. The van der Waals surface area contributed by atoms with Crippen molar-refractivity contribution in [3.05, 3.63) is 36.0 Å². The van der Waals surface area contributed by atoms with Crippen molar-refractivity contribution in [3.63, 3.8) is 0 Å². The number of ether oxygens (including phenoxy) is 1. The number of carbonyl (C=O) groups is 1. The first kappa shape index (κ1) is 9.60. The number of ketones is 1. The van der Waals surface area contributed by atoms with Gasteiger partial charge in [0.2, 0.25) is 0 Å². The van der Waals surface area contributed by atoms with Crippen LogP contribution in [-0.4, -0.2) is 23.1 Å². The molecule has 0 saturated carbocycles. The Hall–Kier alpha value is -1.61. The molecule has 0 bridgehead atoms. The van der Waals surface area contributed by atoms with E-state index in [2.05, 4.69) is 4.57 Å². The Balaban J connectivity index is 2.15. The van der Waals surface area contributed by atoms with Gasteiger partial charge in [0.15, 0.2) is 5.78 Å². The highest BCUT2D eigenvalue weighted by Gasteiger charge is 2.24. The summed E-state index contributed by atoms with van der Waals surface area (Å²) in [5.74, 6) is 0.117. The zero-order chi connectivity index (χ0) is 11.1. The fourth-order valence-electron chi connectivity index (χ4n) is 2.07. The van der Waals surface area contributed by atoms with Crippen LogP contribution in [0.2, 0.25) is 0 Å². The number of benzene rings is 1. The fourth-order valence-corrected chi connectivity index (χ4v) is 2.07. The molecular weight excluding hydrogens is 202 g/mol. The number of aromatic nitrogens is 1. The van der Waals surface area contributed by atoms with Crippen molar-refractivity contribution < 1.29 is 9.53 Å². The Kier molecular flexibility index (Phi) is 2.07. The predicted octanol–water partition coefficient (Wildman–Crippen LogP) is 2.24. The zero-order valence-electron chi connectivity index (χ0n) is 9.14. The summed E-state index contributed by atoms with van der Waals surface area (Å²) in [7, 11) is 0. The van der Waals surface area contributed by atoms with Crippen LogP contribution in [-0.2, 0) is 11.3 Å². The topological polar surface area (TPSA) is 34.5 Å². The first-order valence-corrected chi connectivity index (χ1v) is 5.46. The second-order valence-corrected chi connectivity index (χ2v) is 4.22. The Morgan fingerprint density at radius 2 is 2.25 bits per heavy atom. The molecule has 1 unspecified atom stereocenters. The van der Waals surface area contributed by atoms with Crippen molar-refractivity contribution in [3.8, 4) is 0 Å². The molecule has 2 heterocycles. The van der Waals surface area contributed by atoms with Crippen molar-refractivity contribution >= 4 is 16.7 Å². The molecule has 1 fully saturated rings. The highest BCUT2D eigenvalue weighted by atomic mass is 16.6. The van der Waals surface area contributed by atoms with Crippen LogP contribution in [0, 0.1) is 0 Å². The first-order valence-electron chi connectivity index (χ1n) is 5.46. The van der Waals surface area contributed by atoms with Crippen LogP contribution in [0.25, 0.3) is 10.9 Å². The number of Topliss-reactive ketones (excluding diaryl/α,β-unsaturated/α-hetero) is 1. The summed E-state index contributed by atoms with van der Waals surface area (Å²) in [6.45, 7) is 3.29. The van der Waals surface area contributed by atoms with Gasteiger partial charge in [0.25, 0.3) is 0 Å². The van der Waals surface area contributed by atoms with E-state index in [4.69, 9.17) is 4.74 Å². The largest absolute Gasteiger partial charge is 0.371 e. The number of hydrogen-bond acceptors (Lipinski definition) is 2. The van der Waals surface area contributed by atoms with E-state index in [1.165, 1.54) is 0 Å². The summed E-state index contributed by atoms with van der Waals surface area (Å²) in [5.41, 5.74) is 1.92.